The molecule has 0 aliphatic rings. The SMILES string of the molecule is CN(C)c1ncc(-c2nc(CC(=O)O)c(-c3ccc(Cl)c(F)c3)o2)cn1. The predicted octanol–water partition coefficient (Wildman–Crippen LogP) is 3.28. The monoisotopic (exact) mass is 376 g/mol. The van der Waals surface area contributed by atoms with E-state index in [2.05, 4.69) is 15.0 Å². The van der Waals surface area contributed by atoms with Crippen molar-refractivity contribution < 1.29 is 18.7 Å². The van der Waals surface area contributed by atoms with Gasteiger partial charge in [-0.3, -0.25) is 4.79 Å². The summed E-state index contributed by atoms with van der Waals surface area (Å²) in [5.74, 6) is -0.903. The maximum Gasteiger partial charge on any atom is 0.309 e. The standard InChI is InChI=1S/C17H14ClFN4O3/c1-23(2)17-20-7-10(8-21-17)16-22-13(6-14(24)25)15(26-16)9-3-4-11(18)12(19)5-9/h3-5,7-8H,6H2,1-2H3,(H,24,25). The van der Waals surface area contributed by atoms with Crippen LogP contribution in [0.25, 0.3) is 22.8 Å². The predicted molar refractivity (Wildman–Crippen MR) is 93.6 cm³/mol. The minimum Gasteiger partial charge on any atom is -0.481 e. The molecule has 3 rings (SSSR count). The van der Waals surface area contributed by atoms with Crippen LogP contribution in [-0.4, -0.2) is 40.1 Å². The van der Waals surface area contributed by atoms with Gasteiger partial charge in [-0.05, 0) is 18.2 Å². The molecule has 7 nitrogen and oxygen atoms in total. The van der Waals surface area contributed by atoms with Gasteiger partial charge in [-0.15, -0.1) is 0 Å². The summed E-state index contributed by atoms with van der Waals surface area (Å²) in [6.07, 6.45) is 2.66. The van der Waals surface area contributed by atoms with E-state index in [1.165, 1.54) is 30.6 Å². The van der Waals surface area contributed by atoms with Crippen LogP contribution in [0.2, 0.25) is 5.02 Å². The number of carboxylic acid groups (broad SMARTS) is 1. The van der Waals surface area contributed by atoms with E-state index < -0.39 is 11.8 Å². The minimum absolute atomic E-state index is 0.0408. The van der Waals surface area contributed by atoms with Crippen LogP contribution in [0.3, 0.4) is 0 Å². The molecule has 26 heavy (non-hydrogen) atoms. The summed E-state index contributed by atoms with van der Waals surface area (Å²) in [5, 5.41) is 9.07. The maximum atomic E-state index is 13.8. The molecule has 0 unspecified atom stereocenters. The van der Waals surface area contributed by atoms with Crippen molar-refractivity contribution in [2.75, 3.05) is 19.0 Å². The number of hydrogen-bond donors (Lipinski definition) is 1. The number of benzene rings is 1. The number of aromatic nitrogens is 3. The number of carboxylic acids is 1. The second-order valence-electron chi connectivity index (χ2n) is 5.66. The number of carbonyl (C=O) groups is 1. The molecule has 2 heterocycles. The van der Waals surface area contributed by atoms with E-state index in [4.69, 9.17) is 21.1 Å². The Balaban J connectivity index is 2.06. The second kappa shape index (κ2) is 7.09. The number of aliphatic carboxylic acids is 1. The molecule has 1 aromatic carbocycles. The van der Waals surface area contributed by atoms with Crippen LogP contribution in [-0.2, 0) is 11.2 Å². The van der Waals surface area contributed by atoms with Crippen molar-refractivity contribution in [3.63, 3.8) is 0 Å². The molecule has 0 amide bonds. The number of oxazole rings is 1. The Kier molecular flexibility index (Phi) is 4.85. The summed E-state index contributed by atoms with van der Waals surface area (Å²) in [7, 11) is 3.61. The van der Waals surface area contributed by atoms with Crippen LogP contribution in [0.5, 0.6) is 0 Å². The zero-order valence-electron chi connectivity index (χ0n) is 13.9. The Hall–Kier alpha value is -3.00. The highest BCUT2D eigenvalue weighted by molar-refractivity contribution is 6.30. The van der Waals surface area contributed by atoms with Gasteiger partial charge in [0.2, 0.25) is 11.8 Å². The van der Waals surface area contributed by atoms with E-state index in [-0.39, 0.29) is 28.8 Å². The molecule has 9 heteroatoms. The normalized spacial score (nSPS) is 10.8. The average Bonchev–Trinajstić information content (AvgIpc) is 3.00. The lowest BCUT2D eigenvalue weighted by Crippen LogP contribution is -2.12. The van der Waals surface area contributed by atoms with E-state index in [9.17, 15) is 9.18 Å². The molecular formula is C17H14ClFN4O3. The zero-order valence-corrected chi connectivity index (χ0v) is 14.7. The largest absolute Gasteiger partial charge is 0.481 e. The third-order valence-corrected chi connectivity index (χ3v) is 3.79. The van der Waals surface area contributed by atoms with Gasteiger partial charge in [0.15, 0.2) is 5.76 Å². The Labute approximate surface area is 153 Å². The molecule has 0 bridgehead atoms. The van der Waals surface area contributed by atoms with Crippen molar-refractivity contribution in [3.8, 4) is 22.8 Å². The first kappa shape index (κ1) is 17.8. The van der Waals surface area contributed by atoms with Crippen LogP contribution in [0.4, 0.5) is 10.3 Å². The lowest BCUT2D eigenvalue weighted by Gasteiger charge is -2.08. The molecule has 2 aromatic heterocycles. The van der Waals surface area contributed by atoms with Crippen LogP contribution < -0.4 is 4.90 Å². The summed E-state index contributed by atoms with van der Waals surface area (Å²) in [6, 6.07) is 4.07. The summed E-state index contributed by atoms with van der Waals surface area (Å²) >= 11 is 5.70. The quantitative estimate of drug-likeness (QED) is 0.730. The van der Waals surface area contributed by atoms with E-state index in [0.29, 0.717) is 17.1 Å². The second-order valence-corrected chi connectivity index (χ2v) is 6.07. The average molecular weight is 377 g/mol. The molecule has 0 fully saturated rings. The van der Waals surface area contributed by atoms with Crippen molar-refractivity contribution in [2.24, 2.45) is 0 Å². The molecule has 0 saturated carbocycles. The summed E-state index contributed by atoms with van der Waals surface area (Å²) in [4.78, 5) is 25.4. The van der Waals surface area contributed by atoms with Crippen LogP contribution >= 0.6 is 11.6 Å². The molecule has 1 N–H and O–H groups in total. The molecule has 3 aromatic rings. The fourth-order valence-corrected chi connectivity index (χ4v) is 2.38. The van der Waals surface area contributed by atoms with Crippen molar-refractivity contribution in [1.29, 1.82) is 0 Å². The highest BCUT2D eigenvalue weighted by atomic mass is 35.5. The van der Waals surface area contributed by atoms with Gasteiger partial charge in [0, 0.05) is 32.1 Å². The van der Waals surface area contributed by atoms with Crippen molar-refractivity contribution >= 4 is 23.5 Å². The van der Waals surface area contributed by atoms with Crippen LogP contribution in [0.1, 0.15) is 5.69 Å². The molecular weight excluding hydrogens is 363 g/mol. The number of anilines is 1. The Morgan fingerprint density at radius 2 is 1.96 bits per heavy atom. The van der Waals surface area contributed by atoms with E-state index >= 15 is 0 Å². The number of halogens is 2. The number of nitrogens with zero attached hydrogens (tertiary/aromatic N) is 4. The lowest BCUT2D eigenvalue weighted by molar-refractivity contribution is -0.136. The van der Waals surface area contributed by atoms with Gasteiger partial charge in [-0.2, -0.15) is 0 Å². The van der Waals surface area contributed by atoms with E-state index in [1.807, 2.05) is 0 Å². The van der Waals surface area contributed by atoms with E-state index in [1.54, 1.807) is 19.0 Å². The third-order valence-electron chi connectivity index (χ3n) is 3.48. The van der Waals surface area contributed by atoms with Gasteiger partial charge in [-0.25, -0.2) is 19.3 Å². The highest BCUT2D eigenvalue weighted by Crippen LogP contribution is 2.31. The lowest BCUT2D eigenvalue weighted by atomic mass is 10.1. The van der Waals surface area contributed by atoms with Gasteiger partial charge < -0.3 is 14.4 Å². The van der Waals surface area contributed by atoms with Crippen LogP contribution in [0.15, 0.2) is 35.0 Å². The molecule has 0 atom stereocenters. The Morgan fingerprint density at radius 3 is 2.54 bits per heavy atom. The molecule has 0 saturated heterocycles. The smallest absolute Gasteiger partial charge is 0.309 e. The minimum atomic E-state index is -1.08. The van der Waals surface area contributed by atoms with E-state index in [0.717, 1.165) is 0 Å². The van der Waals surface area contributed by atoms with Gasteiger partial charge in [0.1, 0.15) is 5.82 Å². The van der Waals surface area contributed by atoms with Gasteiger partial charge in [-0.1, -0.05) is 11.6 Å². The Morgan fingerprint density at radius 1 is 1.27 bits per heavy atom. The highest BCUT2D eigenvalue weighted by Gasteiger charge is 2.20. The molecule has 0 spiro atoms. The zero-order chi connectivity index (χ0) is 18.8. The van der Waals surface area contributed by atoms with Gasteiger partial charge in [0.25, 0.3) is 0 Å². The van der Waals surface area contributed by atoms with Crippen molar-refractivity contribution in [1.82, 2.24) is 15.0 Å². The van der Waals surface area contributed by atoms with Crippen molar-refractivity contribution in [3.05, 3.63) is 47.1 Å². The molecule has 0 aliphatic carbocycles. The fourth-order valence-electron chi connectivity index (χ4n) is 2.26. The number of rotatable bonds is 5. The first-order valence-electron chi connectivity index (χ1n) is 7.52. The summed E-state index contributed by atoms with van der Waals surface area (Å²) in [6.45, 7) is 0. The fraction of sp³-hybridized carbons (Fsp3) is 0.176. The van der Waals surface area contributed by atoms with Crippen LogP contribution in [0, 0.1) is 5.82 Å². The molecule has 0 radical (unpaired) electrons. The Bertz CT molecular complexity index is 957. The topological polar surface area (TPSA) is 92.4 Å². The van der Waals surface area contributed by atoms with Gasteiger partial charge >= 0.3 is 5.97 Å². The third kappa shape index (κ3) is 3.65. The number of hydrogen-bond acceptors (Lipinski definition) is 6. The molecule has 134 valence electrons. The summed E-state index contributed by atoms with van der Waals surface area (Å²) in [5.41, 5.74) is 0.988. The van der Waals surface area contributed by atoms with Crippen molar-refractivity contribution in [2.45, 2.75) is 6.42 Å². The molecule has 0 aliphatic heterocycles. The first-order valence-corrected chi connectivity index (χ1v) is 7.89. The summed E-state index contributed by atoms with van der Waals surface area (Å²) < 4.78 is 19.5. The maximum absolute atomic E-state index is 13.8. The van der Waals surface area contributed by atoms with Gasteiger partial charge in [0.05, 0.1) is 22.7 Å². The first-order chi connectivity index (χ1) is 12.3.